The Hall–Kier alpha value is -3.00. The van der Waals surface area contributed by atoms with E-state index in [1.165, 1.54) is 4.68 Å². The molecule has 0 bridgehead atoms. The number of benzene rings is 1. The molecule has 0 unspecified atom stereocenters. The Kier molecular flexibility index (Phi) is 2.60. The molecule has 1 aromatic carbocycles. The van der Waals surface area contributed by atoms with Gasteiger partial charge in [-0.05, 0) is 24.3 Å². The summed E-state index contributed by atoms with van der Waals surface area (Å²) in [6.07, 6.45) is 1.66. The van der Waals surface area contributed by atoms with Gasteiger partial charge >= 0.3 is 0 Å². The van der Waals surface area contributed by atoms with Crippen molar-refractivity contribution in [2.75, 3.05) is 0 Å². The number of hydrogen-bond acceptors (Lipinski definition) is 5. The molecule has 108 valence electrons. The van der Waals surface area contributed by atoms with E-state index in [0.717, 1.165) is 10.9 Å². The molecule has 22 heavy (non-hydrogen) atoms. The number of hydrogen-bond donors (Lipinski definition) is 2. The first-order chi connectivity index (χ1) is 10.6. The number of carbonyl (C=O) groups is 1. The Morgan fingerprint density at radius 3 is 2.77 bits per heavy atom. The molecule has 0 aliphatic rings. The van der Waals surface area contributed by atoms with E-state index in [4.69, 9.17) is 17.3 Å². The Labute approximate surface area is 127 Å². The number of aromatic amines is 1. The van der Waals surface area contributed by atoms with Crippen LogP contribution < -0.4 is 5.73 Å². The normalized spacial score (nSPS) is 11.3. The molecule has 0 fully saturated rings. The molecule has 0 saturated heterocycles. The van der Waals surface area contributed by atoms with Gasteiger partial charge in [0.25, 0.3) is 5.91 Å². The Bertz CT molecular complexity index is 1020. The zero-order chi connectivity index (χ0) is 15.3. The lowest BCUT2D eigenvalue weighted by atomic mass is 10.1. The third-order valence-corrected chi connectivity index (χ3v) is 3.53. The van der Waals surface area contributed by atoms with Crippen LogP contribution in [0.5, 0.6) is 0 Å². The second-order valence-corrected chi connectivity index (χ2v) is 5.02. The number of primary amides is 1. The fourth-order valence-corrected chi connectivity index (χ4v) is 2.50. The minimum Gasteiger partial charge on any atom is -0.364 e. The lowest BCUT2D eigenvalue weighted by Gasteiger charge is -2.02. The molecular weight excluding hydrogens is 306 g/mol. The van der Waals surface area contributed by atoms with Gasteiger partial charge in [0.15, 0.2) is 16.7 Å². The summed E-state index contributed by atoms with van der Waals surface area (Å²) in [6, 6.07) is 6.84. The van der Waals surface area contributed by atoms with Gasteiger partial charge in [-0.1, -0.05) is 11.6 Å². The molecule has 8 nitrogen and oxygen atoms in total. The van der Waals surface area contributed by atoms with Crippen molar-refractivity contribution in [3.05, 3.63) is 41.3 Å². The van der Waals surface area contributed by atoms with Crippen LogP contribution in [0, 0.1) is 0 Å². The first-order valence-corrected chi connectivity index (χ1v) is 6.67. The summed E-state index contributed by atoms with van der Waals surface area (Å²) < 4.78 is 1.51. The van der Waals surface area contributed by atoms with Crippen molar-refractivity contribution in [2.24, 2.45) is 5.73 Å². The molecule has 0 spiro atoms. The quantitative estimate of drug-likeness (QED) is 0.581. The van der Waals surface area contributed by atoms with Crippen LogP contribution in [-0.4, -0.2) is 36.1 Å². The summed E-state index contributed by atoms with van der Waals surface area (Å²) in [6.45, 7) is 0. The molecule has 3 heterocycles. The predicted octanol–water partition coefficient (Wildman–Crippen LogP) is 1.44. The Morgan fingerprint density at radius 1 is 1.18 bits per heavy atom. The average Bonchev–Trinajstić information content (AvgIpc) is 3.11. The zero-order valence-electron chi connectivity index (χ0n) is 11.0. The molecule has 0 saturated carbocycles. The van der Waals surface area contributed by atoms with E-state index >= 15 is 0 Å². The summed E-state index contributed by atoms with van der Waals surface area (Å²) in [7, 11) is 0. The first kappa shape index (κ1) is 12.7. The number of rotatable bonds is 2. The zero-order valence-corrected chi connectivity index (χ0v) is 11.7. The fraction of sp³-hybridized carbons (Fsp3) is 0. The highest BCUT2D eigenvalue weighted by molar-refractivity contribution is 6.29. The standard InChI is InChI=1S/C13H8ClN7O/c14-9-3-4-10(19-18-9)21-12-6(11(20-21)13(15)22)1-2-8-7(12)5-16-17-8/h1-5H,(H2,15,22)(H,16,17). The van der Waals surface area contributed by atoms with E-state index in [-0.39, 0.29) is 10.8 Å². The van der Waals surface area contributed by atoms with Crippen molar-refractivity contribution >= 4 is 39.3 Å². The van der Waals surface area contributed by atoms with Crippen LogP contribution in [0.25, 0.3) is 27.6 Å². The monoisotopic (exact) mass is 313 g/mol. The van der Waals surface area contributed by atoms with Crippen LogP contribution in [-0.2, 0) is 0 Å². The number of carbonyl (C=O) groups excluding carboxylic acids is 1. The van der Waals surface area contributed by atoms with E-state index < -0.39 is 5.91 Å². The number of nitrogens with one attached hydrogen (secondary N) is 1. The molecule has 0 atom stereocenters. The third kappa shape index (κ3) is 1.74. The molecule has 0 aliphatic carbocycles. The Morgan fingerprint density at radius 2 is 2.05 bits per heavy atom. The Balaban J connectivity index is 2.14. The maximum absolute atomic E-state index is 11.7. The molecular formula is C13H8ClN7O. The summed E-state index contributed by atoms with van der Waals surface area (Å²) in [4.78, 5) is 11.7. The topological polar surface area (TPSA) is 115 Å². The van der Waals surface area contributed by atoms with Crippen LogP contribution in [0.1, 0.15) is 10.5 Å². The molecule has 3 N–H and O–H groups in total. The number of nitrogens with two attached hydrogens (primary N) is 1. The van der Waals surface area contributed by atoms with Crippen molar-refractivity contribution in [3.63, 3.8) is 0 Å². The van der Waals surface area contributed by atoms with Gasteiger partial charge in [0, 0.05) is 10.8 Å². The fourth-order valence-electron chi connectivity index (χ4n) is 2.40. The van der Waals surface area contributed by atoms with E-state index in [1.54, 1.807) is 24.4 Å². The minimum absolute atomic E-state index is 0.162. The highest BCUT2D eigenvalue weighted by atomic mass is 35.5. The third-order valence-electron chi connectivity index (χ3n) is 3.33. The van der Waals surface area contributed by atoms with E-state index in [9.17, 15) is 4.79 Å². The maximum atomic E-state index is 11.7. The van der Waals surface area contributed by atoms with Crippen molar-refractivity contribution in [3.8, 4) is 5.82 Å². The number of fused-ring (bicyclic) bond motifs is 3. The van der Waals surface area contributed by atoms with Crippen molar-refractivity contribution in [1.29, 1.82) is 0 Å². The average molecular weight is 314 g/mol. The summed E-state index contributed by atoms with van der Waals surface area (Å²) >= 11 is 5.76. The summed E-state index contributed by atoms with van der Waals surface area (Å²) in [5, 5.41) is 20.7. The van der Waals surface area contributed by atoms with E-state index in [2.05, 4.69) is 25.5 Å². The number of nitrogens with zero attached hydrogens (tertiary/aromatic N) is 5. The molecule has 0 radical (unpaired) electrons. The highest BCUT2D eigenvalue weighted by Gasteiger charge is 2.19. The van der Waals surface area contributed by atoms with E-state index in [1.807, 2.05) is 6.07 Å². The van der Waals surface area contributed by atoms with Crippen molar-refractivity contribution < 1.29 is 4.79 Å². The lowest BCUT2D eigenvalue weighted by molar-refractivity contribution is 0.0996. The van der Waals surface area contributed by atoms with Crippen LogP contribution in [0.3, 0.4) is 0 Å². The van der Waals surface area contributed by atoms with Gasteiger partial charge in [0.2, 0.25) is 0 Å². The predicted molar refractivity (Wildman–Crippen MR) is 79.8 cm³/mol. The molecule has 3 aromatic heterocycles. The maximum Gasteiger partial charge on any atom is 0.269 e. The van der Waals surface area contributed by atoms with Crippen molar-refractivity contribution in [1.82, 2.24) is 30.2 Å². The molecule has 4 rings (SSSR count). The minimum atomic E-state index is -0.617. The highest BCUT2D eigenvalue weighted by Crippen LogP contribution is 2.28. The number of halogens is 1. The lowest BCUT2D eigenvalue weighted by Crippen LogP contribution is -2.12. The van der Waals surface area contributed by atoms with Gasteiger partial charge in [0.05, 0.1) is 17.2 Å². The van der Waals surface area contributed by atoms with Gasteiger partial charge in [-0.2, -0.15) is 10.2 Å². The SMILES string of the molecule is NC(=O)c1nn(-c2ccc(Cl)nn2)c2c1ccc1[nH]ncc12. The molecule has 9 heteroatoms. The van der Waals surface area contributed by atoms with Crippen LogP contribution in [0.15, 0.2) is 30.5 Å². The largest absolute Gasteiger partial charge is 0.364 e. The van der Waals surface area contributed by atoms with Gasteiger partial charge in [-0.25, -0.2) is 4.68 Å². The van der Waals surface area contributed by atoms with Gasteiger partial charge < -0.3 is 5.73 Å². The van der Waals surface area contributed by atoms with Crippen molar-refractivity contribution in [2.45, 2.75) is 0 Å². The molecule has 4 aromatic rings. The van der Waals surface area contributed by atoms with Gasteiger partial charge in [-0.15, -0.1) is 10.2 Å². The number of amides is 1. The first-order valence-electron chi connectivity index (χ1n) is 6.29. The smallest absolute Gasteiger partial charge is 0.269 e. The molecule has 0 aliphatic heterocycles. The van der Waals surface area contributed by atoms with Crippen LogP contribution in [0.4, 0.5) is 0 Å². The number of H-pyrrole nitrogens is 1. The van der Waals surface area contributed by atoms with E-state index in [0.29, 0.717) is 16.7 Å². The summed E-state index contributed by atoms with van der Waals surface area (Å²) in [5.41, 5.74) is 7.07. The van der Waals surface area contributed by atoms with Crippen LogP contribution in [0.2, 0.25) is 5.15 Å². The van der Waals surface area contributed by atoms with Crippen LogP contribution >= 0.6 is 11.6 Å². The second kappa shape index (κ2) is 4.50. The molecule has 1 amide bonds. The summed E-state index contributed by atoms with van der Waals surface area (Å²) in [5.74, 6) is -0.191. The second-order valence-electron chi connectivity index (χ2n) is 4.63. The van der Waals surface area contributed by atoms with Gasteiger partial charge in [-0.3, -0.25) is 9.89 Å². The van der Waals surface area contributed by atoms with Gasteiger partial charge in [0.1, 0.15) is 0 Å². The number of aromatic nitrogens is 6.